The predicted octanol–water partition coefficient (Wildman–Crippen LogP) is 3.34. The van der Waals surface area contributed by atoms with Crippen LogP contribution in [-0.4, -0.2) is 23.7 Å². The number of rotatable bonds is 3. The maximum Gasteiger partial charge on any atom is 0.250 e. The summed E-state index contributed by atoms with van der Waals surface area (Å²) in [6.07, 6.45) is 0. The van der Waals surface area contributed by atoms with Gasteiger partial charge in [-0.25, -0.2) is 0 Å². The van der Waals surface area contributed by atoms with Crippen LogP contribution in [0.4, 0.5) is 5.69 Å². The lowest BCUT2D eigenvalue weighted by Gasteiger charge is -2.29. The molecule has 6 rings (SSSR count). The van der Waals surface area contributed by atoms with Gasteiger partial charge < -0.3 is 14.8 Å². The normalized spacial score (nSPS) is 27.4. The molecule has 0 radical (unpaired) electrons. The van der Waals surface area contributed by atoms with Gasteiger partial charge in [-0.15, -0.1) is 0 Å². The molecule has 0 bridgehead atoms. The molecule has 0 aliphatic carbocycles. The molecule has 0 aromatic heterocycles. The number of fused-ring (bicyclic) bond motifs is 3. The van der Waals surface area contributed by atoms with Gasteiger partial charge >= 0.3 is 0 Å². The second-order valence-corrected chi connectivity index (χ2v) is 8.21. The molecule has 0 unspecified atom stereocenters. The number of hydrogen-bond donors (Lipinski definition) is 2. The molecule has 4 atom stereocenters. The minimum atomic E-state index is -1.30. The molecule has 1 fully saturated rings. The van der Waals surface area contributed by atoms with Crippen molar-refractivity contribution in [2.75, 3.05) is 12.1 Å². The second-order valence-electron chi connectivity index (χ2n) is 8.21. The monoisotopic (exact) mass is 429 g/mol. The zero-order chi connectivity index (χ0) is 21.9. The van der Waals surface area contributed by atoms with Crippen molar-refractivity contribution < 1.29 is 19.2 Å². The molecular weight excluding hydrogens is 410 g/mol. The third kappa shape index (κ3) is 2.50. The molecule has 160 valence electrons. The quantitative estimate of drug-likeness (QED) is 0.489. The lowest BCUT2D eigenvalue weighted by atomic mass is 9.74. The number of nitro groups is 1. The molecule has 0 saturated carbocycles. The summed E-state index contributed by atoms with van der Waals surface area (Å²) in [5.74, 6) is 0.0318. The van der Waals surface area contributed by atoms with Gasteiger partial charge in [-0.1, -0.05) is 54.6 Å². The van der Waals surface area contributed by atoms with E-state index in [1.807, 2.05) is 54.6 Å². The Kier molecular flexibility index (Phi) is 4.00. The molecule has 32 heavy (non-hydrogen) atoms. The molecule has 3 aromatic carbocycles. The number of anilines is 1. The second kappa shape index (κ2) is 6.80. The maximum absolute atomic E-state index is 13.6. The van der Waals surface area contributed by atoms with Crippen LogP contribution in [0.25, 0.3) is 0 Å². The maximum atomic E-state index is 13.6. The third-order valence-electron chi connectivity index (χ3n) is 6.65. The molecule has 3 aromatic rings. The Morgan fingerprint density at radius 2 is 1.69 bits per heavy atom. The van der Waals surface area contributed by atoms with E-state index >= 15 is 0 Å². The predicted molar refractivity (Wildman–Crippen MR) is 115 cm³/mol. The van der Waals surface area contributed by atoms with Gasteiger partial charge in [0, 0.05) is 16.2 Å². The smallest absolute Gasteiger partial charge is 0.250 e. The number of ether oxygens (including phenoxy) is 2. The first-order valence-corrected chi connectivity index (χ1v) is 10.4. The highest BCUT2D eigenvalue weighted by Gasteiger charge is 2.67. The van der Waals surface area contributed by atoms with Gasteiger partial charge in [0.1, 0.15) is 11.6 Å². The van der Waals surface area contributed by atoms with Crippen molar-refractivity contribution in [2.45, 2.75) is 23.5 Å². The Balaban J connectivity index is 1.60. The Labute approximate surface area is 183 Å². The van der Waals surface area contributed by atoms with Gasteiger partial charge in [0.15, 0.2) is 11.5 Å². The first-order valence-electron chi connectivity index (χ1n) is 10.4. The minimum absolute atomic E-state index is 0.0987. The van der Waals surface area contributed by atoms with Crippen molar-refractivity contribution >= 4 is 11.6 Å². The molecule has 1 saturated heterocycles. The van der Waals surface area contributed by atoms with E-state index in [1.165, 1.54) is 0 Å². The molecule has 8 nitrogen and oxygen atoms in total. The number of amides is 1. The first-order chi connectivity index (χ1) is 15.6. The number of benzene rings is 3. The molecule has 8 heteroatoms. The number of carbonyl (C=O) groups is 1. The Hall–Kier alpha value is -3.91. The summed E-state index contributed by atoms with van der Waals surface area (Å²) >= 11 is 0. The summed E-state index contributed by atoms with van der Waals surface area (Å²) < 4.78 is 11.0. The van der Waals surface area contributed by atoms with E-state index in [9.17, 15) is 14.9 Å². The van der Waals surface area contributed by atoms with Crippen molar-refractivity contribution in [3.63, 3.8) is 0 Å². The Morgan fingerprint density at radius 3 is 2.50 bits per heavy atom. The number of para-hydroxylation sites is 1. The average Bonchev–Trinajstić information content (AvgIpc) is 3.49. The first kappa shape index (κ1) is 18.8. The SMILES string of the molecule is O=C1Nc2ccccc2[C@]12N[C@H](c1ccccc1)[C@@H]([N+](=O)[O-])[C@@H]2c1ccc2c(c1)OCO2. The highest BCUT2D eigenvalue weighted by molar-refractivity contribution is 6.07. The summed E-state index contributed by atoms with van der Waals surface area (Å²) in [5.41, 5.74) is 1.47. The van der Waals surface area contributed by atoms with Gasteiger partial charge in [-0.2, -0.15) is 0 Å². The van der Waals surface area contributed by atoms with E-state index in [4.69, 9.17) is 9.47 Å². The summed E-state index contributed by atoms with van der Waals surface area (Å²) in [5, 5.41) is 18.9. The number of nitrogens with zero attached hydrogens (tertiary/aromatic N) is 1. The van der Waals surface area contributed by atoms with Gasteiger partial charge in [0.05, 0.1) is 5.92 Å². The average molecular weight is 429 g/mol. The number of carbonyl (C=O) groups excluding carboxylic acids is 1. The van der Waals surface area contributed by atoms with Crippen LogP contribution in [0, 0.1) is 10.1 Å². The van der Waals surface area contributed by atoms with E-state index in [2.05, 4.69) is 10.6 Å². The highest BCUT2D eigenvalue weighted by Crippen LogP contribution is 2.56. The topological polar surface area (TPSA) is 103 Å². The van der Waals surface area contributed by atoms with E-state index in [0.717, 1.165) is 5.56 Å². The van der Waals surface area contributed by atoms with Gasteiger partial charge in [-0.3, -0.25) is 20.2 Å². The molecule has 3 aliphatic rings. The fraction of sp³-hybridized carbons (Fsp3) is 0.208. The van der Waals surface area contributed by atoms with Crippen LogP contribution in [0.1, 0.15) is 28.7 Å². The van der Waals surface area contributed by atoms with E-state index in [0.29, 0.717) is 28.3 Å². The third-order valence-corrected chi connectivity index (χ3v) is 6.65. The fourth-order valence-corrected chi connectivity index (χ4v) is 5.34. The van der Waals surface area contributed by atoms with Crippen LogP contribution >= 0.6 is 0 Å². The van der Waals surface area contributed by atoms with Crippen LogP contribution < -0.4 is 20.1 Å². The van der Waals surface area contributed by atoms with Crippen molar-refractivity contribution in [3.05, 3.63) is 99.6 Å². The van der Waals surface area contributed by atoms with Crippen LogP contribution in [0.5, 0.6) is 11.5 Å². The lowest BCUT2D eigenvalue weighted by Crippen LogP contribution is -2.48. The van der Waals surface area contributed by atoms with E-state index in [-0.39, 0.29) is 17.6 Å². The van der Waals surface area contributed by atoms with Crippen molar-refractivity contribution in [1.29, 1.82) is 0 Å². The van der Waals surface area contributed by atoms with Crippen LogP contribution in [0.15, 0.2) is 72.8 Å². The zero-order valence-corrected chi connectivity index (χ0v) is 16.9. The van der Waals surface area contributed by atoms with Gasteiger partial charge in [-0.05, 0) is 29.3 Å². The van der Waals surface area contributed by atoms with Crippen molar-refractivity contribution in [1.82, 2.24) is 5.32 Å². The largest absolute Gasteiger partial charge is 0.454 e. The van der Waals surface area contributed by atoms with E-state index in [1.54, 1.807) is 18.2 Å². The van der Waals surface area contributed by atoms with Gasteiger partial charge in [0.25, 0.3) is 0 Å². The lowest BCUT2D eigenvalue weighted by molar-refractivity contribution is -0.527. The molecule has 3 heterocycles. The molecule has 1 amide bonds. The fourth-order valence-electron chi connectivity index (χ4n) is 5.34. The van der Waals surface area contributed by atoms with Gasteiger partial charge in [0.2, 0.25) is 18.7 Å². The van der Waals surface area contributed by atoms with Crippen LogP contribution in [0.3, 0.4) is 0 Å². The standard InChI is InChI=1S/C24H19N3O5/c28-23-24(16-8-4-5-9-17(16)25-23)20(15-10-11-18-19(12-15)32-13-31-18)22(27(29)30)21(26-24)14-6-2-1-3-7-14/h1-12,20-22,26H,13H2,(H,25,28)/t20-,21+,22-,24+/m0/s1. The van der Waals surface area contributed by atoms with Crippen molar-refractivity contribution in [2.24, 2.45) is 0 Å². The molecule has 3 aliphatic heterocycles. The molecule has 1 spiro atoms. The minimum Gasteiger partial charge on any atom is -0.454 e. The Morgan fingerprint density at radius 1 is 0.938 bits per heavy atom. The summed E-state index contributed by atoms with van der Waals surface area (Å²) in [7, 11) is 0. The van der Waals surface area contributed by atoms with Crippen molar-refractivity contribution in [3.8, 4) is 11.5 Å². The highest BCUT2D eigenvalue weighted by atomic mass is 16.7. The summed E-state index contributed by atoms with van der Waals surface area (Å²) in [6.45, 7) is 0.0987. The molecular formula is C24H19N3O5. The van der Waals surface area contributed by atoms with E-state index < -0.39 is 23.5 Å². The van der Waals surface area contributed by atoms with Crippen LogP contribution in [-0.2, 0) is 10.3 Å². The number of hydrogen-bond acceptors (Lipinski definition) is 6. The van der Waals surface area contributed by atoms with Crippen LogP contribution in [0.2, 0.25) is 0 Å². The summed E-state index contributed by atoms with van der Waals surface area (Å²) in [4.78, 5) is 25.8. The number of nitrogens with one attached hydrogen (secondary N) is 2. The summed E-state index contributed by atoms with van der Waals surface area (Å²) in [6, 6.07) is 20.1. The molecule has 2 N–H and O–H groups in total. The Bertz CT molecular complexity index is 1250. The zero-order valence-electron chi connectivity index (χ0n) is 16.9.